The number of hydrogen-bond donors (Lipinski definition) is 1. The first-order valence-electron chi connectivity index (χ1n) is 5.67. The molecule has 0 bridgehead atoms. The second kappa shape index (κ2) is 4.75. The highest BCUT2D eigenvalue weighted by molar-refractivity contribution is 7.17. The third-order valence-corrected chi connectivity index (χ3v) is 3.77. The van der Waals surface area contributed by atoms with Gasteiger partial charge in [-0.05, 0) is 37.4 Å². The van der Waals surface area contributed by atoms with E-state index in [1.54, 1.807) is 22.3 Å². The highest BCUT2D eigenvalue weighted by atomic mass is 32.1. The number of hydrogen-bond acceptors (Lipinski definition) is 3. The molecule has 4 heteroatoms. The van der Waals surface area contributed by atoms with Crippen LogP contribution in [0.25, 0.3) is 10.1 Å². The first kappa shape index (κ1) is 11.9. The summed E-state index contributed by atoms with van der Waals surface area (Å²) in [6.07, 6.45) is 0. The van der Waals surface area contributed by atoms with Crippen molar-refractivity contribution < 1.29 is 9.90 Å². The van der Waals surface area contributed by atoms with Gasteiger partial charge >= 0.3 is 0 Å². The average Bonchev–Trinajstić information content (AvgIpc) is 2.80. The lowest BCUT2D eigenvalue weighted by molar-refractivity contribution is 0.0770. The minimum atomic E-state index is -0.111. The van der Waals surface area contributed by atoms with Crippen LogP contribution in [0, 0.1) is 0 Å². The van der Waals surface area contributed by atoms with Crippen molar-refractivity contribution in [1.29, 1.82) is 0 Å². The van der Waals surface area contributed by atoms with Crippen molar-refractivity contribution in [2.75, 3.05) is 13.1 Å². The van der Waals surface area contributed by atoms with Crippen molar-refractivity contribution in [3.63, 3.8) is 0 Å². The monoisotopic (exact) mass is 249 g/mol. The maximum atomic E-state index is 12.2. The highest BCUT2D eigenvalue weighted by Gasteiger charge is 2.18. The zero-order valence-corrected chi connectivity index (χ0v) is 10.8. The molecular formula is C13H15NO2S. The maximum absolute atomic E-state index is 12.2. The number of phenols is 1. The van der Waals surface area contributed by atoms with Gasteiger partial charge in [-0.3, -0.25) is 4.79 Å². The van der Waals surface area contributed by atoms with Crippen molar-refractivity contribution in [2.24, 2.45) is 0 Å². The Morgan fingerprint density at radius 1 is 1.29 bits per heavy atom. The normalized spacial score (nSPS) is 10.7. The Kier molecular flexibility index (Phi) is 3.33. The fourth-order valence-electron chi connectivity index (χ4n) is 1.88. The van der Waals surface area contributed by atoms with Crippen molar-refractivity contribution >= 4 is 27.3 Å². The Morgan fingerprint density at radius 2 is 2.00 bits per heavy atom. The Morgan fingerprint density at radius 3 is 2.65 bits per heavy atom. The van der Waals surface area contributed by atoms with E-state index in [2.05, 4.69) is 0 Å². The number of fused-ring (bicyclic) bond motifs is 1. The molecule has 1 aromatic carbocycles. The molecule has 0 fully saturated rings. The molecule has 0 saturated heterocycles. The lowest BCUT2D eigenvalue weighted by atomic mass is 10.1. The number of carbonyl (C=O) groups excluding carboxylic acids is 1. The first-order chi connectivity index (χ1) is 8.19. The molecule has 2 aromatic rings. The molecule has 0 atom stereocenters. The van der Waals surface area contributed by atoms with Gasteiger partial charge in [0, 0.05) is 23.2 Å². The van der Waals surface area contributed by atoms with E-state index in [-0.39, 0.29) is 11.7 Å². The summed E-state index contributed by atoms with van der Waals surface area (Å²) in [6.45, 7) is 5.16. The molecule has 1 amide bonds. The van der Waals surface area contributed by atoms with Gasteiger partial charge < -0.3 is 10.0 Å². The van der Waals surface area contributed by atoms with Crippen LogP contribution in [0.2, 0.25) is 0 Å². The molecule has 17 heavy (non-hydrogen) atoms. The molecule has 2 rings (SSSR count). The summed E-state index contributed by atoms with van der Waals surface area (Å²) >= 11 is 1.56. The van der Waals surface area contributed by atoms with Crippen molar-refractivity contribution in [1.82, 2.24) is 4.90 Å². The number of benzene rings is 1. The van der Waals surface area contributed by atoms with Crippen LogP contribution >= 0.6 is 11.3 Å². The molecule has 0 aliphatic carbocycles. The topological polar surface area (TPSA) is 40.5 Å². The average molecular weight is 249 g/mol. The zero-order chi connectivity index (χ0) is 12.4. The van der Waals surface area contributed by atoms with E-state index in [0.717, 1.165) is 10.1 Å². The molecule has 90 valence electrons. The fraction of sp³-hybridized carbons (Fsp3) is 0.308. The van der Waals surface area contributed by atoms with E-state index in [1.807, 2.05) is 31.4 Å². The number of rotatable bonds is 3. The standard InChI is InChI=1S/C13H15NO2S/c1-3-14(4-2)13(16)10-5-6-11-9(12(10)15)7-8-17-11/h5-8,15H,3-4H2,1-2H3. The van der Waals surface area contributed by atoms with Crippen molar-refractivity contribution in [3.8, 4) is 5.75 Å². The molecule has 1 N–H and O–H groups in total. The number of carbonyl (C=O) groups is 1. The molecule has 0 aliphatic heterocycles. The smallest absolute Gasteiger partial charge is 0.257 e. The van der Waals surface area contributed by atoms with Crippen LogP contribution < -0.4 is 0 Å². The largest absolute Gasteiger partial charge is 0.506 e. The lowest BCUT2D eigenvalue weighted by Crippen LogP contribution is -2.30. The fourth-order valence-corrected chi connectivity index (χ4v) is 2.67. The highest BCUT2D eigenvalue weighted by Crippen LogP contribution is 2.32. The summed E-state index contributed by atoms with van der Waals surface area (Å²) in [7, 11) is 0. The number of thiophene rings is 1. The predicted molar refractivity (Wildman–Crippen MR) is 70.7 cm³/mol. The van der Waals surface area contributed by atoms with E-state index in [9.17, 15) is 9.90 Å². The summed E-state index contributed by atoms with van der Waals surface area (Å²) in [6, 6.07) is 5.43. The third-order valence-electron chi connectivity index (χ3n) is 2.89. The zero-order valence-electron chi connectivity index (χ0n) is 9.93. The molecule has 0 unspecified atom stereocenters. The predicted octanol–water partition coefficient (Wildman–Crippen LogP) is 3.09. The van der Waals surface area contributed by atoms with Gasteiger partial charge in [0.2, 0.25) is 0 Å². The molecule has 1 heterocycles. The molecular weight excluding hydrogens is 234 g/mol. The summed E-state index contributed by atoms with van der Waals surface area (Å²) in [5.74, 6) is -0.0127. The van der Waals surface area contributed by atoms with Crippen LogP contribution in [0.15, 0.2) is 23.6 Å². The third kappa shape index (κ3) is 2.00. The van der Waals surface area contributed by atoms with Gasteiger partial charge in [0.05, 0.1) is 5.56 Å². The molecule has 1 aromatic heterocycles. The van der Waals surface area contributed by atoms with Crippen LogP contribution in [0.1, 0.15) is 24.2 Å². The lowest BCUT2D eigenvalue weighted by Gasteiger charge is -2.19. The molecule has 0 spiro atoms. The minimum absolute atomic E-state index is 0.0978. The van der Waals surface area contributed by atoms with Crippen LogP contribution in [-0.4, -0.2) is 29.0 Å². The second-order valence-corrected chi connectivity index (χ2v) is 4.72. The Labute approximate surface area is 104 Å². The van der Waals surface area contributed by atoms with Gasteiger partial charge in [0.15, 0.2) is 0 Å². The van der Waals surface area contributed by atoms with E-state index < -0.39 is 0 Å². The van der Waals surface area contributed by atoms with E-state index >= 15 is 0 Å². The van der Waals surface area contributed by atoms with Gasteiger partial charge in [-0.25, -0.2) is 0 Å². The Bertz CT molecular complexity index is 543. The molecule has 0 saturated carbocycles. The SMILES string of the molecule is CCN(CC)C(=O)c1ccc2sccc2c1O. The van der Waals surface area contributed by atoms with E-state index in [1.165, 1.54) is 0 Å². The Balaban J connectivity index is 2.48. The summed E-state index contributed by atoms with van der Waals surface area (Å²) in [5.41, 5.74) is 0.389. The maximum Gasteiger partial charge on any atom is 0.257 e. The van der Waals surface area contributed by atoms with E-state index in [4.69, 9.17) is 0 Å². The number of nitrogens with zero attached hydrogens (tertiary/aromatic N) is 1. The van der Waals surface area contributed by atoms with Gasteiger partial charge in [-0.1, -0.05) is 0 Å². The van der Waals surface area contributed by atoms with Gasteiger partial charge in [0.1, 0.15) is 5.75 Å². The quantitative estimate of drug-likeness (QED) is 0.908. The molecule has 3 nitrogen and oxygen atoms in total. The number of aromatic hydroxyl groups is 1. The number of amides is 1. The molecule has 0 aliphatic rings. The number of phenolic OH excluding ortho intramolecular Hbond substituents is 1. The van der Waals surface area contributed by atoms with Crippen molar-refractivity contribution in [3.05, 3.63) is 29.1 Å². The van der Waals surface area contributed by atoms with Crippen LogP contribution in [0.3, 0.4) is 0 Å². The van der Waals surface area contributed by atoms with Gasteiger partial charge in [-0.2, -0.15) is 0 Å². The summed E-state index contributed by atoms with van der Waals surface area (Å²) < 4.78 is 0.999. The van der Waals surface area contributed by atoms with Crippen molar-refractivity contribution in [2.45, 2.75) is 13.8 Å². The second-order valence-electron chi connectivity index (χ2n) is 3.77. The van der Waals surface area contributed by atoms with E-state index in [0.29, 0.717) is 18.7 Å². The van der Waals surface area contributed by atoms with Crippen LogP contribution in [0.4, 0.5) is 0 Å². The molecule has 0 radical (unpaired) electrons. The first-order valence-corrected chi connectivity index (χ1v) is 6.55. The van der Waals surface area contributed by atoms with Crippen LogP contribution in [0.5, 0.6) is 5.75 Å². The van der Waals surface area contributed by atoms with Gasteiger partial charge in [-0.15, -0.1) is 11.3 Å². The minimum Gasteiger partial charge on any atom is -0.506 e. The summed E-state index contributed by atoms with van der Waals surface area (Å²) in [5, 5.41) is 12.8. The van der Waals surface area contributed by atoms with Gasteiger partial charge in [0.25, 0.3) is 5.91 Å². The summed E-state index contributed by atoms with van der Waals surface area (Å²) in [4.78, 5) is 13.9. The Hall–Kier alpha value is -1.55. The van der Waals surface area contributed by atoms with Crippen LogP contribution in [-0.2, 0) is 0 Å².